The molecule has 0 aliphatic rings. The maximum Gasteiger partial charge on any atom is 0.197 e. The Hall–Kier alpha value is -1.14. The van der Waals surface area contributed by atoms with Gasteiger partial charge in [-0.3, -0.25) is 0 Å². The fourth-order valence-corrected chi connectivity index (χ4v) is 2.16. The van der Waals surface area contributed by atoms with Gasteiger partial charge < -0.3 is 4.57 Å². The Morgan fingerprint density at radius 2 is 2.25 bits per heavy atom. The first-order chi connectivity index (χ1) is 7.69. The molecule has 16 heavy (non-hydrogen) atoms. The molecule has 2 aromatic rings. The Balaban J connectivity index is 2.28. The van der Waals surface area contributed by atoms with Gasteiger partial charge in [-0.1, -0.05) is 18.5 Å². The van der Waals surface area contributed by atoms with Crippen LogP contribution in [-0.4, -0.2) is 24.7 Å². The lowest BCUT2D eigenvalue weighted by Crippen LogP contribution is -1.96. The van der Waals surface area contributed by atoms with E-state index in [1.807, 2.05) is 18.5 Å². The van der Waals surface area contributed by atoms with Crippen LogP contribution in [0.2, 0.25) is 5.15 Å². The molecule has 5 nitrogen and oxygen atoms in total. The van der Waals surface area contributed by atoms with Crippen molar-refractivity contribution < 1.29 is 0 Å². The van der Waals surface area contributed by atoms with E-state index in [0.717, 1.165) is 22.4 Å². The van der Waals surface area contributed by atoms with Crippen LogP contribution in [0.25, 0.3) is 0 Å². The number of nitrogens with zero attached hydrogens (tertiary/aromatic N) is 5. The Bertz CT molecular complexity index is 498. The average Bonchev–Trinajstić information content (AvgIpc) is 2.63. The highest BCUT2D eigenvalue weighted by Gasteiger charge is 2.07. The maximum absolute atomic E-state index is 5.90. The summed E-state index contributed by atoms with van der Waals surface area (Å²) in [5.41, 5.74) is 0. The van der Waals surface area contributed by atoms with Crippen molar-refractivity contribution in [1.82, 2.24) is 24.7 Å². The summed E-state index contributed by atoms with van der Waals surface area (Å²) in [6, 6.07) is 1.72. The van der Waals surface area contributed by atoms with E-state index >= 15 is 0 Å². The van der Waals surface area contributed by atoms with E-state index in [-0.39, 0.29) is 0 Å². The van der Waals surface area contributed by atoms with Gasteiger partial charge in [0.15, 0.2) is 5.16 Å². The Morgan fingerprint density at radius 3 is 2.88 bits per heavy atom. The summed E-state index contributed by atoms with van der Waals surface area (Å²) in [7, 11) is 1.88. The van der Waals surface area contributed by atoms with Crippen molar-refractivity contribution >= 4 is 23.4 Å². The Morgan fingerprint density at radius 1 is 1.44 bits per heavy atom. The van der Waals surface area contributed by atoms with Crippen LogP contribution in [-0.2, 0) is 13.5 Å². The van der Waals surface area contributed by atoms with E-state index in [1.54, 1.807) is 12.4 Å². The van der Waals surface area contributed by atoms with Crippen LogP contribution in [0.3, 0.4) is 0 Å². The number of hydrogen-bond donors (Lipinski definition) is 0. The zero-order valence-electron chi connectivity index (χ0n) is 8.88. The van der Waals surface area contributed by atoms with Crippen molar-refractivity contribution in [2.45, 2.75) is 23.5 Å². The first-order valence-electron chi connectivity index (χ1n) is 4.74. The van der Waals surface area contributed by atoms with Crippen LogP contribution in [0, 0.1) is 0 Å². The van der Waals surface area contributed by atoms with E-state index in [9.17, 15) is 0 Å². The van der Waals surface area contributed by atoms with Gasteiger partial charge in [0.2, 0.25) is 0 Å². The molecule has 0 saturated carbocycles. The second-order valence-electron chi connectivity index (χ2n) is 3.13. The van der Waals surface area contributed by atoms with E-state index < -0.39 is 0 Å². The van der Waals surface area contributed by atoms with Crippen LogP contribution in [0.1, 0.15) is 12.7 Å². The van der Waals surface area contributed by atoms with Gasteiger partial charge >= 0.3 is 0 Å². The average molecular weight is 256 g/mol. The lowest BCUT2D eigenvalue weighted by atomic mass is 10.4. The first kappa shape index (κ1) is 11.3. The van der Waals surface area contributed by atoms with Crippen molar-refractivity contribution in [3.63, 3.8) is 0 Å². The predicted molar refractivity (Wildman–Crippen MR) is 61.5 cm³/mol. The molecule has 2 rings (SSSR count). The quantitative estimate of drug-likeness (QED) is 0.785. The summed E-state index contributed by atoms with van der Waals surface area (Å²) in [6.45, 7) is 1.99. The van der Waals surface area contributed by atoms with Crippen LogP contribution in [0.4, 0.5) is 0 Å². The topological polar surface area (TPSA) is 56.5 Å². The lowest BCUT2D eigenvalue weighted by Gasteiger charge is -2.02. The molecule has 0 spiro atoms. The van der Waals surface area contributed by atoms with E-state index in [2.05, 4.69) is 20.2 Å². The highest BCUT2D eigenvalue weighted by Crippen LogP contribution is 2.25. The number of aromatic nitrogens is 5. The molecule has 0 N–H and O–H groups in total. The molecule has 0 unspecified atom stereocenters. The number of halogens is 1. The molecule has 0 amide bonds. The molecular weight excluding hydrogens is 246 g/mol. The van der Waals surface area contributed by atoms with E-state index in [1.165, 1.54) is 11.8 Å². The van der Waals surface area contributed by atoms with Gasteiger partial charge in [-0.05, 0) is 11.8 Å². The van der Waals surface area contributed by atoms with E-state index in [0.29, 0.717) is 5.15 Å². The Labute approximate surface area is 102 Å². The number of aryl methyl sites for hydroxylation is 2. The van der Waals surface area contributed by atoms with Crippen molar-refractivity contribution in [2.24, 2.45) is 7.05 Å². The second-order valence-corrected chi connectivity index (χ2v) is 4.50. The monoisotopic (exact) mass is 255 g/mol. The van der Waals surface area contributed by atoms with Crippen LogP contribution in [0.15, 0.2) is 22.6 Å². The van der Waals surface area contributed by atoms with Gasteiger partial charge in [0.1, 0.15) is 22.3 Å². The normalized spacial score (nSPS) is 10.7. The third-order valence-corrected chi connectivity index (χ3v) is 3.06. The Kier molecular flexibility index (Phi) is 3.40. The minimum atomic E-state index is 0.455. The van der Waals surface area contributed by atoms with E-state index in [4.69, 9.17) is 11.6 Å². The highest BCUT2D eigenvalue weighted by molar-refractivity contribution is 7.99. The third-order valence-electron chi connectivity index (χ3n) is 1.90. The molecule has 0 radical (unpaired) electrons. The van der Waals surface area contributed by atoms with Crippen molar-refractivity contribution in [2.75, 3.05) is 0 Å². The van der Waals surface area contributed by atoms with Gasteiger partial charge in [-0.2, -0.15) is 0 Å². The fourth-order valence-electron chi connectivity index (χ4n) is 1.11. The SMILES string of the molecule is CCc1nc(Cl)cc(Sc2nncn2C)n1. The summed E-state index contributed by atoms with van der Waals surface area (Å²) in [4.78, 5) is 8.46. The summed E-state index contributed by atoms with van der Waals surface area (Å²) < 4.78 is 1.83. The van der Waals surface area contributed by atoms with Crippen LogP contribution in [0.5, 0.6) is 0 Å². The molecule has 0 saturated heterocycles. The zero-order chi connectivity index (χ0) is 11.5. The van der Waals surface area contributed by atoms with Gasteiger partial charge in [-0.25, -0.2) is 9.97 Å². The fraction of sp³-hybridized carbons (Fsp3) is 0.333. The predicted octanol–water partition coefficient (Wildman–Crippen LogP) is 1.97. The molecule has 0 aromatic carbocycles. The maximum atomic E-state index is 5.90. The molecule has 2 aromatic heterocycles. The molecular formula is C9H10ClN5S. The highest BCUT2D eigenvalue weighted by atomic mass is 35.5. The standard InChI is InChI=1S/C9H10ClN5S/c1-3-7-12-6(10)4-8(13-7)16-9-14-11-5-15(9)2/h4-5H,3H2,1-2H3. The van der Waals surface area contributed by atoms with Crippen molar-refractivity contribution in [3.05, 3.63) is 23.4 Å². The minimum absolute atomic E-state index is 0.455. The van der Waals surface area contributed by atoms with Gasteiger partial charge in [0.25, 0.3) is 0 Å². The first-order valence-corrected chi connectivity index (χ1v) is 5.93. The zero-order valence-corrected chi connectivity index (χ0v) is 10.5. The molecule has 2 heterocycles. The third kappa shape index (κ3) is 2.51. The van der Waals surface area contributed by atoms with Crippen molar-refractivity contribution in [1.29, 1.82) is 0 Å². The molecule has 0 atom stereocenters. The molecule has 0 fully saturated rings. The molecule has 0 bridgehead atoms. The van der Waals surface area contributed by atoms with Crippen molar-refractivity contribution in [3.8, 4) is 0 Å². The summed E-state index contributed by atoms with van der Waals surface area (Å²) in [5.74, 6) is 0.733. The van der Waals surface area contributed by atoms with Crippen LogP contribution < -0.4 is 0 Å². The second kappa shape index (κ2) is 4.80. The smallest absolute Gasteiger partial charge is 0.197 e. The van der Waals surface area contributed by atoms with Gasteiger partial charge in [0.05, 0.1) is 0 Å². The lowest BCUT2D eigenvalue weighted by molar-refractivity contribution is 0.785. The molecule has 7 heteroatoms. The number of hydrogen-bond acceptors (Lipinski definition) is 5. The van der Waals surface area contributed by atoms with Crippen LogP contribution >= 0.6 is 23.4 Å². The molecule has 0 aliphatic carbocycles. The summed E-state index contributed by atoms with van der Waals surface area (Å²) in [6.07, 6.45) is 2.40. The molecule has 0 aliphatic heterocycles. The largest absolute Gasteiger partial charge is 0.311 e. The van der Waals surface area contributed by atoms with Gasteiger partial charge in [0, 0.05) is 19.5 Å². The summed E-state index contributed by atoms with van der Waals surface area (Å²) in [5, 5.41) is 9.78. The van der Waals surface area contributed by atoms with Gasteiger partial charge in [-0.15, -0.1) is 10.2 Å². The summed E-state index contributed by atoms with van der Waals surface area (Å²) >= 11 is 7.32. The molecule has 84 valence electrons. The minimum Gasteiger partial charge on any atom is -0.311 e. The number of rotatable bonds is 3.